The van der Waals surface area contributed by atoms with E-state index in [9.17, 15) is 9.59 Å². The zero-order valence-corrected chi connectivity index (χ0v) is 19.9. The summed E-state index contributed by atoms with van der Waals surface area (Å²) in [5.41, 5.74) is 2.69. The highest BCUT2D eigenvalue weighted by Gasteiger charge is 2.54. The Morgan fingerprint density at radius 1 is 0.829 bits per heavy atom. The Morgan fingerprint density at radius 3 is 2.06 bits per heavy atom. The van der Waals surface area contributed by atoms with Gasteiger partial charge in [0.2, 0.25) is 0 Å². The molecule has 2 aliphatic rings. The van der Waals surface area contributed by atoms with Gasteiger partial charge in [0.25, 0.3) is 5.91 Å². The molecule has 5 nitrogen and oxygen atoms in total. The van der Waals surface area contributed by atoms with Crippen molar-refractivity contribution in [1.82, 2.24) is 15.1 Å². The first-order valence-corrected chi connectivity index (χ1v) is 12.7. The van der Waals surface area contributed by atoms with Gasteiger partial charge in [0.1, 0.15) is 0 Å². The largest absolute Gasteiger partial charge is 0.326 e. The van der Waals surface area contributed by atoms with Gasteiger partial charge in [0, 0.05) is 11.4 Å². The first-order valence-electron chi connectivity index (χ1n) is 11.8. The van der Waals surface area contributed by atoms with Gasteiger partial charge in [-0.15, -0.1) is 11.3 Å². The summed E-state index contributed by atoms with van der Waals surface area (Å²) in [4.78, 5) is 32.6. The lowest BCUT2D eigenvalue weighted by Gasteiger charge is -2.38. The molecule has 6 rings (SSSR count). The summed E-state index contributed by atoms with van der Waals surface area (Å²) in [6.45, 7) is 0.995. The van der Waals surface area contributed by atoms with E-state index in [1.54, 1.807) is 11.3 Å². The second kappa shape index (κ2) is 8.80. The van der Waals surface area contributed by atoms with Crippen LogP contribution < -0.4 is 5.32 Å². The van der Waals surface area contributed by atoms with Crippen LogP contribution in [-0.4, -0.2) is 35.0 Å². The van der Waals surface area contributed by atoms with E-state index < -0.39 is 5.54 Å². The van der Waals surface area contributed by atoms with Crippen LogP contribution in [0.5, 0.6) is 0 Å². The van der Waals surface area contributed by atoms with E-state index in [0.717, 1.165) is 29.7 Å². The Hall–Kier alpha value is -3.74. The molecule has 0 radical (unpaired) electrons. The second-order valence-corrected chi connectivity index (χ2v) is 9.96. The molecular weight excluding hydrogens is 454 g/mol. The van der Waals surface area contributed by atoms with Gasteiger partial charge in [-0.1, -0.05) is 91.0 Å². The van der Waals surface area contributed by atoms with Gasteiger partial charge in [-0.05, 0) is 40.1 Å². The molecule has 4 aromatic rings. The number of fused-ring (bicyclic) bond motifs is 1. The van der Waals surface area contributed by atoms with E-state index in [4.69, 9.17) is 0 Å². The van der Waals surface area contributed by atoms with Gasteiger partial charge in [0.15, 0.2) is 5.54 Å². The van der Waals surface area contributed by atoms with Crippen LogP contribution in [0.25, 0.3) is 0 Å². The fourth-order valence-electron chi connectivity index (χ4n) is 5.37. The summed E-state index contributed by atoms with van der Waals surface area (Å²) in [5, 5.41) is 5.20. The minimum Gasteiger partial charge on any atom is -0.315 e. The highest BCUT2D eigenvalue weighted by Crippen LogP contribution is 2.40. The molecule has 0 aliphatic carbocycles. The molecule has 35 heavy (non-hydrogen) atoms. The average Bonchev–Trinajstić information content (AvgIpc) is 3.49. The zero-order valence-electron chi connectivity index (χ0n) is 19.1. The summed E-state index contributed by atoms with van der Waals surface area (Å²) in [7, 11) is 0. The van der Waals surface area contributed by atoms with Crippen LogP contribution in [0.4, 0.5) is 4.79 Å². The Labute approximate surface area is 208 Å². The van der Waals surface area contributed by atoms with E-state index in [1.807, 2.05) is 78.9 Å². The van der Waals surface area contributed by atoms with Crippen molar-refractivity contribution in [2.45, 2.75) is 18.0 Å². The van der Waals surface area contributed by atoms with Gasteiger partial charge in [-0.3, -0.25) is 9.69 Å². The molecule has 0 saturated carbocycles. The summed E-state index contributed by atoms with van der Waals surface area (Å²) >= 11 is 1.78. The molecule has 0 bridgehead atoms. The normalized spacial score (nSPS) is 19.4. The number of nitrogens with one attached hydrogen (secondary N) is 1. The van der Waals surface area contributed by atoms with Crippen molar-refractivity contribution in [2.75, 3.05) is 13.2 Å². The third kappa shape index (κ3) is 3.57. The minimum absolute atomic E-state index is 0.00440. The minimum atomic E-state index is -1.24. The highest BCUT2D eigenvalue weighted by atomic mass is 32.1. The molecule has 3 amide bonds. The van der Waals surface area contributed by atoms with E-state index in [-0.39, 0.29) is 24.6 Å². The van der Waals surface area contributed by atoms with Crippen molar-refractivity contribution in [3.05, 3.63) is 130 Å². The van der Waals surface area contributed by atoms with Crippen molar-refractivity contribution in [3.63, 3.8) is 0 Å². The van der Waals surface area contributed by atoms with E-state index in [1.165, 1.54) is 15.3 Å². The van der Waals surface area contributed by atoms with Crippen LogP contribution in [0, 0.1) is 0 Å². The zero-order chi connectivity index (χ0) is 23.8. The Bertz CT molecular complexity index is 1310. The molecule has 1 aromatic heterocycles. The maximum absolute atomic E-state index is 14.2. The topological polar surface area (TPSA) is 52.7 Å². The molecule has 1 N–H and O–H groups in total. The van der Waals surface area contributed by atoms with Crippen molar-refractivity contribution >= 4 is 23.3 Å². The molecule has 6 heteroatoms. The predicted octanol–water partition coefficient (Wildman–Crippen LogP) is 5.15. The number of rotatable bonds is 5. The number of thiophene rings is 1. The lowest BCUT2D eigenvalue weighted by Crippen LogP contribution is -2.48. The quantitative estimate of drug-likeness (QED) is 0.403. The molecule has 3 heterocycles. The van der Waals surface area contributed by atoms with Crippen LogP contribution in [0.15, 0.2) is 102 Å². The van der Waals surface area contributed by atoms with Crippen LogP contribution in [0.1, 0.15) is 33.2 Å². The SMILES string of the molecule is O=C1NC(c2ccccc2)(c2ccccc2)C(=O)N1CN1CCc2sccc2[C@H]1c1ccccc1. The lowest BCUT2D eigenvalue weighted by molar-refractivity contribution is -0.132. The number of urea groups is 1. The van der Waals surface area contributed by atoms with Gasteiger partial charge < -0.3 is 5.32 Å². The molecule has 1 saturated heterocycles. The number of benzene rings is 3. The Balaban J connectivity index is 1.39. The number of hydrogen-bond acceptors (Lipinski definition) is 4. The maximum atomic E-state index is 14.2. The van der Waals surface area contributed by atoms with Gasteiger partial charge in [0.05, 0.1) is 12.7 Å². The molecule has 0 spiro atoms. The number of imide groups is 1. The van der Waals surface area contributed by atoms with Crippen LogP contribution in [0.3, 0.4) is 0 Å². The smallest absolute Gasteiger partial charge is 0.315 e. The standard InChI is InChI=1S/C29H25N3O2S/c33-27-29(22-12-6-2-7-13-22,23-14-8-3-9-15-23)30-28(34)32(27)20-31-18-16-25-24(17-19-35-25)26(31)21-10-4-1-5-11-21/h1-15,17,19,26H,16,18,20H2,(H,30,34)/t26-/m1/s1. The number of nitrogens with zero attached hydrogens (tertiary/aromatic N) is 2. The van der Waals surface area contributed by atoms with E-state index in [0.29, 0.717) is 0 Å². The third-order valence-electron chi connectivity index (χ3n) is 7.02. The van der Waals surface area contributed by atoms with Gasteiger partial charge in [-0.2, -0.15) is 0 Å². The van der Waals surface area contributed by atoms with Crippen LogP contribution in [0.2, 0.25) is 0 Å². The fourth-order valence-corrected chi connectivity index (χ4v) is 6.27. The Morgan fingerprint density at radius 2 is 1.43 bits per heavy atom. The Kier molecular flexibility index (Phi) is 5.47. The van der Waals surface area contributed by atoms with Crippen LogP contribution in [-0.2, 0) is 16.8 Å². The summed E-state index contributed by atoms with van der Waals surface area (Å²) in [6.07, 6.45) is 0.905. The van der Waals surface area contributed by atoms with Crippen molar-refractivity contribution in [2.24, 2.45) is 0 Å². The van der Waals surface area contributed by atoms with Crippen molar-refractivity contribution in [3.8, 4) is 0 Å². The lowest BCUT2D eigenvalue weighted by atomic mass is 9.82. The van der Waals surface area contributed by atoms with Crippen LogP contribution >= 0.6 is 11.3 Å². The van der Waals surface area contributed by atoms with Crippen molar-refractivity contribution in [1.29, 1.82) is 0 Å². The average molecular weight is 480 g/mol. The predicted molar refractivity (Wildman–Crippen MR) is 137 cm³/mol. The number of carbonyl (C=O) groups is 2. The molecule has 2 aliphatic heterocycles. The fraction of sp³-hybridized carbons (Fsp3) is 0.172. The van der Waals surface area contributed by atoms with Gasteiger partial charge >= 0.3 is 6.03 Å². The highest BCUT2D eigenvalue weighted by molar-refractivity contribution is 7.10. The summed E-state index contributed by atoms with van der Waals surface area (Å²) in [5.74, 6) is -0.247. The first-order chi connectivity index (χ1) is 17.2. The third-order valence-corrected chi connectivity index (χ3v) is 8.02. The summed E-state index contributed by atoms with van der Waals surface area (Å²) in [6, 6.07) is 31.2. The molecule has 1 atom stereocenters. The number of amides is 3. The molecule has 3 aromatic carbocycles. The number of hydrogen-bond donors (Lipinski definition) is 1. The molecular formula is C29H25N3O2S. The van der Waals surface area contributed by atoms with E-state index in [2.05, 4.69) is 33.8 Å². The second-order valence-electron chi connectivity index (χ2n) is 8.96. The molecule has 0 unspecified atom stereocenters. The summed E-state index contributed by atoms with van der Waals surface area (Å²) < 4.78 is 0. The van der Waals surface area contributed by atoms with E-state index >= 15 is 0 Å². The monoisotopic (exact) mass is 479 g/mol. The van der Waals surface area contributed by atoms with Crippen molar-refractivity contribution < 1.29 is 9.59 Å². The molecule has 174 valence electrons. The number of carbonyl (C=O) groups excluding carboxylic acids is 2. The van der Waals surface area contributed by atoms with Gasteiger partial charge in [-0.25, -0.2) is 9.69 Å². The molecule has 1 fully saturated rings. The first kappa shape index (κ1) is 21.8. The maximum Gasteiger partial charge on any atom is 0.326 e.